The molecule has 68 valence electrons. The van der Waals surface area contributed by atoms with E-state index in [-0.39, 0.29) is 5.91 Å². The van der Waals surface area contributed by atoms with Crippen molar-refractivity contribution in [3.8, 4) is 0 Å². The third-order valence-electron chi connectivity index (χ3n) is 1.23. The maximum atomic E-state index is 10.6. The number of hydrogen-bond acceptors (Lipinski definition) is 4. The summed E-state index contributed by atoms with van der Waals surface area (Å²) in [5, 5.41) is 14.6. The summed E-state index contributed by atoms with van der Waals surface area (Å²) in [6, 6.07) is 7.00. The lowest BCUT2D eigenvalue weighted by Crippen LogP contribution is -2.05. The topological polar surface area (TPSA) is 103 Å². The fourth-order valence-corrected chi connectivity index (χ4v) is 0.770. The van der Waals surface area contributed by atoms with Crippen LogP contribution >= 0.6 is 0 Å². The highest BCUT2D eigenvalue weighted by molar-refractivity contribution is 5.88. The molecule has 0 aliphatic rings. The summed E-state index contributed by atoms with van der Waals surface area (Å²) in [5.41, 5.74) is 6.91. The van der Waals surface area contributed by atoms with Gasteiger partial charge in [-0.25, -0.2) is 0 Å². The van der Waals surface area contributed by atoms with Crippen LogP contribution < -0.4 is 11.1 Å². The Morgan fingerprint density at radius 2 is 1.77 bits per heavy atom. The number of nitrogens with one attached hydrogen (secondary N) is 1. The molecule has 5 heteroatoms. The molecule has 0 saturated heterocycles. The fraction of sp³-hybridized carbons (Fsp3) is 0.125. The SMILES string of the molecule is CC(=O)Nc1ccc(N)cc1.N#N. The van der Waals surface area contributed by atoms with Crippen LogP contribution in [0.2, 0.25) is 0 Å². The van der Waals surface area contributed by atoms with E-state index in [0.717, 1.165) is 5.69 Å². The van der Waals surface area contributed by atoms with Crippen LogP contribution in [0.5, 0.6) is 0 Å². The van der Waals surface area contributed by atoms with Crippen LogP contribution in [0.3, 0.4) is 0 Å². The van der Waals surface area contributed by atoms with Gasteiger partial charge in [0.05, 0.1) is 0 Å². The van der Waals surface area contributed by atoms with Crippen molar-refractivity contribution in [2.75, 3.05) is 11.1 Å². The minimum atomic E-state index is -0.0743. The van der Waals surface area contributed by atoms with E-state index in [1.165, 1.54) is 6.92 Å². The van der Waals surface area contributed by atoms with Crippen molar-refractivity contribution in [1.29, 1.82) is 10.8 Å². The van der Waals surface area contributed by atoms with Gasteiger partial charge in [-0.05, 0) is 24.3 Å². The Morgan fingerprint density at radius 3 is 2.15 bits per heavy atom. The maximum Gasteiger partial charge on any atom is 0.221 e. The van der Waals surface area contributed by atoms with Crippen LogP contribution in [0.1, 0.15) is 6.92 Å². The van der Waals surface area contributed by atoms with Gasteiger partial charge >= 0.3 is 0 Å². The second-order valence-electron chi connectivity index (χ2n) is 2.30. The zero-order chi connectivity index (χ0) is 10.3. The molecule has 13 heavy (non-hydrogen) atoms. The zero-order valence-electron chi connectivity index (χ0n) is 7.19. The van der Waals surface area contributed by atoms with Gasteiger partial charge in [0.2, 0.25) is 5.91 Å². The summed E-state index contributed by atoms with van der Waals surface area (Å²) in [6.45, 7) is 1.47. The van der Waals surface area contributed by atoms with Gasteiger partial charge in [0.25, 0.3) is 0 Å². The van der Waals surface area contributed by atoms with Crippen molar-refractivity contribution in [2.45, 2.75) is 6.92 Å². The third-order valence-corrected chi connectivity index (χ3v) is 1.23. The molecule has 0 fully saturated rings. The van der Waals surface area contributed by atoms with Gasteiger partial charge < -0.3 is 11.1 Å². The van der Waals surface area contributed by atoms with Crippen molar-refractivity contribution in [2.24, 2.45) is 0 Å². The van der Waals surface area contributed by atoms with Gasteiger partial charge in [-0.1, -0.05) is 0 Å². The molecule has 0 aromatic heterocycles. The molecule has 0 aliphatic heterocycles. The first-order valence-corrected chi connectivity index (χ1v) is 3.51. The molecule has 0 radical (unpaired) electrons. The lowest BCUT2D eigenvalue weighted by Gasteiger charge is -2.00. The number of nitrogens with zero attached hydrogens (tertiary/aromatic N) is 2. The predicted molar refractivity (Wildman–Crippen MR) is 48.6 cm³/mol. The second kappa shape index (κ2) is 5.55. The second-order valence-corrected chi connectivity index (χ2v) is 2.30. The van der Waals surface area contributed by atoms with Crippen molar-refractivity contribution < 1.29 is 4.79 Å². The minimum absolute atomic E-state index is 0.0743. The van der Waals surface area contributed by atoms with Crippen molar-refractivity contribution in [1.82, 2.24) is 0 Å². The van der Waals surface area contributed by atoms with Crippen LogP contribution in [-0.2, 0) is 4.79 Å². The number of amides is 1. The summed E-state index contributed by atoms with van der Waals surface area (Å²) in [4.78, 5) is 10.6. The maximum absolute atomic E-state index is 10.6. The number of nitrogen functional groups attached to an aromatic ring is 1. The molecule has 0 unspecified atom stereocenters. The van der Waals surface area contributed by atoms with Crippen molar-refractivity contribution in [3.63, 3.8) is 0 Å². The Morgan fingerprint density at radius 1 is 1.31 bits per heavy atom. The van der Waals surface area contributed by atoms with E-state index in [9.17, 15) is 4.79 Å². The molecule has 0 aliphatic carbocycles. The Hall–Kier alpha value is -2.09. The summed E-state index contributed by atoms with van der Waals surface area (Å²) < 4.78 is 0. The normalized spacial score (nSPS) is 7.92. The van der Waals surface area contributed by atoms with Gasteiger partial charge in [-0.2, -0.15) is 0 Å². The molecule has 5 nitrogen and oxygen atoms in total. The number of nitrogens with two attached hydrogens (primary N) is 1. The average molecular weight is 178 g/mol. The largest absolute Gasteiger partial charge is 0.399 e. The smallest absolute Gasteiger partial charge is 0.221 e. The minimum Gasteiger partial charge on any atom is -0.399 e. The number of rotatable bonds is 1. The summed E-state index contributed by atoms with van der Waals surface area (Å²) in [7, 11) is 0. The Balaban J connectivity index is 0.000000671. The van der Waals surface area contributed by atoms with Crippen LogP contribution in [0.4, 0.5) is 11.4 Å². The molecule has 0 atom stereocenters. The quantitative estimate of drug-likeness (QED) is 0.499. The van der Waals surface area contributed by atoms with Crippen LogP contribution in [0.15, 0.2) is 24.3 Å². The Kier molecular flexibility index (Phi) is 4.65. The fourth-order valence-electron chi connectivity index (χ4n) is 0.770. The molecule has 0 heterocycles. The number of hydrogen-bond donors (Lipinski definition) is 2. The molecule has 1 rings (SSSR count). The molecule has 0 bridgehead atoms. The Bertz CT molecular complexity index is 291. The van der Waals surface area contributed by atoms with Gasteiger partial charge in [0, 0.05) is 29.1 Å². The van der Waals surface area contributed by atoms with Crippen LogP contribution in [-0.4, -0.2) is 5.91 Å². The number of carbonyl (C=O) groups is 1. The average Bonchev–Trinajstić information content (AvgIpc) is 2.12. The molecule has 0 saturated carbocycles. The first-order chi connectivity index (χ1) is 6.18. The van der Waals surface area contributed by atoms with Gasteiger partial charge in [-0.15, -0.1) is 0 Å². The Labute approximate surface area is 76.0 Å². The monoisotopic (exact) mass is 178 g/mol. The number of benzene rings is 1. The predicted octanol–water partition coefficient (Wildman–Crippen LogP) is 1.26. The summed E-state index contributed by atoms with van der Waals surface area (Å²) >= 11 is 0. The molecule has 3 N–H and O–H groups in total. The van der Waals surface area contributed by atoms with Crippen molar-refractivity contribution in [3.05, 3.63) is 24.3 Å². The first-order valence-electron chi connectivity index (χ1n) is 3.51. The first kappa shape index (κ1) is 10.9. The molecule has 0 spiro atoms. The molecule has 1 aromatic carbocycles. The van der Waals surface area contributed by atoms with E-state index in [1.807, 2.05) is 0 Å². The lowest BCUT2D eigenvalue weighted by atomic mass is 10.3. The molecule has 1 amide bonds. The highest BCUT2D eigenvalue weighted by atomic mass is 16.1. The van der Waals surface area contributed by atoms with E-state index in [2.05, 4.69) is 5.32 Å². The highest BCUT2D eigenvalue weighted by Gasteiger charge is 1.92. The van der Waals surface area contributed by atoms with E-state index in [0.29, 0.717) is 5.69 Å². The third kappa shape index (κ3) is 4.37. The molecular weight excluding hydrogens is 168 g/mol. The van der Waals surface area contributed by atoms with Crippen molar-refractivity contribution >= 4 is 17.3 Å². The number of anilines is 2. The summed E-state index contributed by atoms with van der Waals surface area (Å²) in [5.74, 6) is -0.0743. The van der Waals surface area contributed by atoms with Crippen LogP contribution in [0.25, 0.3) is 0 Å². The highest BCUT2D eigenvalue weighted by Crippen LogP contribution is 2.09. The van der Waals surface area contributed by atoms with Crippen LogP contribution in [0, 0.1) is 10.8 Å². The summed E-state index contributed by atoms with van der Waals surface area (Å²) in [6.07, 6.45) is 0. The van der Waals surface area contributed by atoms with E-state index in [4.69, 9.17) is 16.5 Å². The number of carbonyl (C=O) groups excluding carboxylic acids is 1. The lowest BCUT2D eigenvalue weighted by molar-refractivity contribution is -0.114. The standard InChI is InChI=1S/C8H10N2O.N2/c1-6(11)10-8-4-2-7(9)3-5-8;1-2/h2-5H,9H2,1H3,(H,10,11);. The van der Waals surface area contributed by atoms with Gasteiger partial charge in [0.1, 0.15) is 0 Å². The van der Waals surface area contributed by atoms with E-state index in [1.54, 1.807) is 24.3 Å². The molecular formula is C8H10N4O. The van der Waals surface area contributed by atoms with Gasteiger partial charge in [-0.3, -0.25) is 4.79 Å². The zero-order valence-corrected chi connectivity index (χ0v) is 7.19. The van der Waals surface area contributed by atoms with E-state index < -0.39 is 0 Å². The van der Waals surface area contributed by atoms with Gasteiger partial charge in [0.15, 0.2) is 0 Å². The molecule has 1 aromatic rings. The van der Waals surface area contributed by atoms with E-state index >= 15 is 0 Å².